The summed E-state index contributed by atoms with van der Waals surface area (Å²) < 4.78 is 60.7. The Kier molecular flexibility index (Phi) is 6.16. The first-order chi connectivity index (χ1) is 17.5. The fourth-order valence-electron chi connectivity index (χ4n) is 4.73. The van der Waals surface area contributed by atoms with Crippen molar-refractivity contribution in [3.05, 3.63) is 64.9 Å². The number of halogens is 2. The van der Waals surface area contributed by atoms with E-state index >= 15 is 0 Å². The number of nitrogens with two attached hydrogens (primary N) is 1. The molecule has 0 unspecified atom stereocenters. The number of sulfonamides is 1. The Morgan fingerprint density at radius 1 is 1.14 bits per heavy atom. The van der Waals surface area contributed by atoms with E-state index in [0.717, 1.165) is 35.2 Å². The molecule has 1 fully saturated rings. The molecule has 0 bridgehead atoms. The number of benzene rings is 2. The molecule has 0 aliphatic carbocycles. The standard InChI is InChI=1S/C24H26F2N6O4S/c1-24(2)21-19(13-32(24)37(34,35)17-10-14(25)9-15(26)11-17)22(30-29-21)28-23(33)18-4-3-16(12-20(18)27)31-5-7-36-8-6-31/h3-4,9-12H,5-8,13,27H2,1-2H3,(H2,28,29,30,33). The Labute approximate surface area is 212 Å². The third kappa shape index (κ3) is 4.43. The van der Waals surface area contributed by atoms with Crippen molar-refractivity contribution in [2.75, 3.05) is 42.3 Å². The van der Waals surface area contributed by atoms with Crippen LogP contribution in [0.3, 0.4) is 0 Å². The molecule has 1 amide bonds. The molecule has 2 aliphatic heterocycles. The fourth-order valence-corrected chi connectivity index (χ4v) is 6.50. The fraction of sp³-hybridized carbons (Fsp3) is 0.333. The van der Waals surface area contributed by atoms with Crippen LogP contribution in [0.2, 0.25) is 0 Å². The third-order valence-corrected chi connectivity index (χ3v) is 8.71. The molecule has 10 nitrogen and oxygen atoms in total. The molecule has 1 aromatic heterocycles. The van der Waals surface area contributed by atoms with Crippen molar-refractivity contribution in [2.24, 2.45) is 0 Å². The Hall–Kier alpha value is -3.55. The number of H-pyrrole nitrogens is 1. The molecule has 3 heterocycles. The van der Waals surface area contributed by atoms with Crippen LogP contribution in [0.4, 0.5) is 26.0 Å². The van der Waals surface area contributed by atoms with Crippen LogP contribution in [0, 0.1) is 11.6 Å². The SMILES string of the molecule is CC1(C)c2[nH]nc(NC(=O)c3ccc(N4CCOCC4)cc3N)c2CN1S(=O)(=O)c1cc(F)cc(F)c1. The second-order valence-electron chi connectivity index (χ2n) is 9.43. The summed E-state index contributed by atoms with van der Waals surface area (Å²) in [5, 5.41) is 9.69. The third-order valence-electron chi connectivity index (χ3n) is 6.72. The number of anilines is 3. The Morgan fingerprint density at radius 3 is 2.46 bits per heavy atom. The second kappa shape index (κ2) is 9.08. The van der Waals surface area contributed by atoms with Gasteiger partial charge >= 0.3 is 0 Å². The minimum atomic E-state index is -4.29. The highest BCUT2D eigenvalue weighted by Crippen LogP contribution is 2.44. The normalized spacial score (nSPS) is 17.6. The van der Waals surface area contributed by atoms with Crippen molar-refractivity contribution in [1.82, 2.24) is 14.5 Å². The Bertz CT molecular complexity index is 1460. The molecular formula is C24H26F2N6O4S. The molecule has 2 aliphatic rings. The Balaban J connectivity index is 1.39. The number of ether oxygens (including phenoxy) is 1. The van der Waals surface area contributed by atoms with E-state index in [1.54, 1.807) is 32.0 Å². The monoisotopic (exact) mass is 532 g/mol. The number of hydrogen-bond donors (Lipinski definition) is 3. The highest BCUT2D eigenvalue weighted by atomic mass is 32.2. The van der Waals surface area contributed by atoms with Gasteiger partial charge in [-0.05, 0) is 44.2 Å². The van der Waals surface area contributed by atoms with Crippen molar-refractivity contribution < 1.29 is 26.7 Å². The molecule has 3 aromatic rings. The van der Waals surface area contributed by atoms with Gasteiger partial charge in [0.2, 0.25) is 10.0 Å². The van der Waals surface area contributed by atoms with E-state index in [1.165, 1.54) is 0 Å². The largest absolute Gasteiger partial charge is 0.398 e. The van der Waals surface area contributed by atoms with Gasteiger partial charge in [-0.3, -0.25) is 9.89 Å². The zero-order chi connectivity index (χ0) is 26.5. The van der Waals surface area contributed by atoms with Crippen LogP contribution in [0.15, 0.2) is 41.3 Å². The number of fused-ring (bicyclic) bond motifs is 1. The molecule has 13 heteroatoms. The molecule has 1 saturated heterocycles. The van der Waals surface area contributed by atoms with E-state index < -0.39 is 38.0 Å². The topological polar surface area (TPSA) is 134 Å². The molecule has 0 atom stereocenters. The van der Waals surface area contributed by atoms with Crippen LogP contribution >= 0.6 is 0 Å². The lowest BCUT2D eigenvalue weighted by molar-refractivity contribution is 0.102. The summed E-state index contributed by atoms with van der Waals surface area (Å²) in [4.78, 5) is 14.7. The summed E-state index contributed by atoms with van der Waals surface area (Å²) in [5.74, 6) is -2.36. The molecule has 0 saturated carbocycles. The summed E-state index contributed by atoms with van der Waals surface area (Å²) in [6, 6.07) is 7.30. The average molecular weight is 533 g/mol. The minimum Gasteiger partial charge on any atom is -0.398 e. The summed E-state index contributed by atoms with van der Waals surface area (Å²) in [5.41, 5.74) is 7.37. The number of carbonyl (C=O) groups is 1. The quantitative estimate of drug-likeness (QED) is 0.430. The van der Waals surface area contributed by atoms with Gasteiger partial charge in [0.25, 0.3) is 5.91 Å². The van der Waals surface area contributed by atoms with Gasteiger partial charge in [-0.15, -0.1) is 0 Å². The van der Waals surface area contributed by atoms with Gasteiger partial charge < -0.3 is 20.7 Å². The summed E-state index contributed by atoms with van der Waals surface area (Å²) >= 11 is 0. The maximum atomic E-state index is 13.8. The summed E-state index contributed by atoms with van der Waals surface area (Å²) in [6.45, 7) is 5.79. The van der Waals surface area contributed by atoms with E-state index in [2.05, 4.69) is 20.4 Å². The molecule has 2 aromatic carbocycles. The van der Waals surface area contributed by atoms with E-state index in [4.69, 9.17) is 10.5 Å². The zero-order valence-corrected chi connectivity index (χ0v) is 21.0. The lowest BCUT2D eigenvalue weighted by atomic mass is 10.0. The van der Waals surface area contributed by atoms with Gasteiger partial charge in [-0.25, -0.2) is 17.2 Å². The van der Waals surface area contributed by atoms with Crippen LogP contribution < -0.4 is 16.0 Å². The number of aromatic nitrogens is 2. The zero-order valence-electron chi connectivity index (χ0n) is 20.2. The predicted molar refractivity (Wildman–Crippen MR) is 133 cm³/mol. The van der Waals surface area contributed by atoms with Crippen molar-refractivity contribution in [3.63, 3.8) is 0 Å². The first-order valence-corrected chi connectivity index (χ1v) is 13.0. The summed E-state index contributed by atoms with van der Waals surface area (Å²) in [7, 11) is -4.29. The predicted octanol–water partition coefficient (Wildman–Crippen LogP) is 2.80. The van der Waals surface area contributed by atoms with Gasteiger partial charge in [0.05, 0.1) is 34.9 Å². The van der Waals surface area contributed by atoms with Gasteiger partial charge in [0, 0.05) is 42.6 Å². The lowest BCUT2D eigenvalue weighted by Gasteiger charge is -2.30. The number of nitrogen functional groups attached to an aromatic ring is 1. The number of aromatic amines is 1. The van der Waals surface area contributed by atoms with Crippen molar-refractivity contribution >= 4 is 33.1 Å². The van der Waals surface area contributed by atoms with E-state index in [9.17, 15) is 22.0 Å². The lowest BCUT2D eigenvalue weighted by Crippen LogP contribution is -2.40. The van der Waals surface area contributed by atoms with Crippen molar-refractivity contribution in [1.29, 1.82) is 0 Å². The van der Waals surface area contributed by atoms with Crippen molar-refractivity contribution in [2.45, 2.75) is 30.8 Å². The summed E-state index contributed by atoms with van der Waals surface area (Å²) in [6.07, 6.45) is 0. The number of nitrogens with one attached hydrogen (secondary N) is 2. The number of morpholine rings is 1. The molecule has 5 rings (SSSR count). The van der Waals surface area contributed by atoms with E-state index in [-0.39, 0.29) is 23.6 Å². The second-order valence-corrected chi connectivity index (χ2v) is 11.3. The molecule has 4 N–H and O–H groups in total. The number of amides is 1. The van der Waals surface area contributed by atoms with Crippen LogP contribution in [0.1, 0.15) is 35.5 Å². The van der Waals surface area contributed by atoms with Crippen LogP contribution in [0.25, 0.3) is 0 Å². The molecular weight excluding hydrogens is 506 g/mol. The first-order valence-electron chi connectivity index (χ1n) is 11.6. The van der Waals surface area contributed by atoms with Gasteiger partial charge in [-0.1, -0.05) is 0 Å². The number of hydrogen-bond acceptors (Lipinski definition) is 7. The molecule has 37 heavy (non-hydrogen) atoms. The van der Waals surface area contributed by atoms with Gasteiger partial charge in [0.15, 0.2) is 5.82 Å². The van der Waals surface area contributed by atoms with Crippen LogP contribution in [0.5, 0.6) is 0 Å². The highest BCUT2D eigenvalue weighted by Gasteiger charge is 2.48. The number of rotatable bonds is 5. The Morgan fingerprint density at radius 2 is 1.81 bits per heavy atom. The average Bonchev–Trinajstić information content (AvgIpc) is 3.37. The highest BCUT2D eigenvalue weighted by molar-refractivity contribution is 7.89. The minimum absolute atomic E-state index is 0.146. The van der Waals surface area contributed by atoms with Gasteiger partial charge in [0.1, 0.15) is 11.6 Å². The van der Waals surface area contributed by atoms with Gasteiger partial charge in [-0.2, -0.15) is 9.40 Å². The number of nitrogens with zero attached hydrogens (tertiary/aromatic N) is 3. The molecule has 0 spiro atoms. The maximum absolute atomic E-state index is 13.8. The molecule has 196 valence electrons. The van der Waals surface area contributed by atoms with E-state index in [1.807, 2.05) is 0 Å². The smallest absolute Gasteiger partial charge is 0.258 e. The van der Waals surface area contributed by atoms with Crippen molar-refractivity contribution in [3.8, 4) is 0 Å². The molecule has 0 radical (unpaired) electrons. The first kappa shape index (κ1) is 25.1. The van der Waals surface area contributed by atoms with E-state index in [0.29, 0.717) is 30.5 Å². The number of carbonyl (C=O) groups excluding carboxylic acids is 1. The van der Waals surface area contributed by atoms with Crippen LogP contribution in [-0.2, 0) is 26.8 Å². The van der Waals surface area contributed by atoms with Crippen LogP contribution in [-0.4, -0.2) is 55.1 Å². The maximum Gasteiger partial charge on any atom is 0.258 e.